The van der Waals surface area contributed by atoms with E-state index in [1.165, 1.54) is 24.3 Å². The van der Waals surface area contributed by atoms with Crippen LogP contribution in [0.15, 0.2) is 66.7 Å². The maximum Gasteiger partial charge on any atom is 0.335 e. The van der Waals surface area contributed by atoms with Gasteiger partial charge in [-0.2, -0.15) is 0 Å². The molecular weight excluding hydrogens is 543 g/mol. The van der Waals surface area contributed by atoms with Gasteiger partial charge in [0, 0.05) is 36.9 Å². The first-order valence-corrected chi connectivity index (χ1v) is 13.6. The van der Waals surface area contributed by atoms with Gasteiger partial charge in [0.1, 0.15) is 17.7 Å². The zero-order valence-electron chi connectivity index (χ0n) is 23.7. The van der Waals surface area contributed by atoms with Crippen molar-refractivity contribution in [3.8, 4) is 5.75 Å². The summed E-state index contributed by atoms with van der Waals surface area (Å²) in [5.74, 6) is -1.46. The van der Waals surface area contributed by atoms with Gasteiger partial charge in [-0.05, 0) is 74.1 Å². The predicted octanol–water partition coefficient (Wildman–Crippen LogP) is 4.52. The third-order valence-electron chi connectivity index (χ3n) is 7.17. The van der Waals surface area contributed by atoms with Crippen molar-refractivity contribution in [3.63, 3.8) is 0 Å². The maximum atomic E-state index is 13.7. The summed E-state index contributed by atoms with van der Waals surface area (Å²) in [4.78, 5) is 41.1. The summed E-state index contributed by atoms with van der Waals surface area (Å²) in [5, 5.41) is 24.4. The number of ether oxygens (including phenoxy) is 1. The van der Waals surface area contributed by atoms with E-state index < -0.39 is 23.9 Å². The highest BCUT2D eigenvalue weighted by molar-refractivity contribution is 6.02. The molecule has 11 heteroatoms. The number of halogens is 1. The number of rotatable bonds is 9. The van der Waals surface area contributed by atoms with Gasteiger partial charge >= 0.3 is 12.0 Å². The van der Waals surface area contributed by atoms with E-state index in [-0.39, 0.29) is 35.7 Å². The highest BCUT2D eigenvalue weighted by atomic mass is 19.1. The number of amides is 3. The number of benzene rings is 3. The summed E-state index contributed by atoms with van der Waals surface area (Å²) in [5.41, 5.74) is 2.18. The van der Waals surface area contributed by atoms with Crippen molar-refractivity contribution in [1.82, 2.24) is 9.80 Å². The monoisotopic (exact) mass is 578 g/mol. The Kier molecular flexibility index (Phi) is 9.76. The SMILES string of the molecule is C[C@@H]1CN([C@@H](C)CO)C(=O)c2cc(NC(=O)Nc3ccc(F)cc3)ccc2O[C@H]1CN(C)Cc1ccc(C(=O)O)cc1. The fourth-order valence-corrected chi connectivity index (χ4v) is 4.78. The molecule has 1 heterocycles. The number of carbonyl (C=O) groups excluding carboxylic acids is 2. The van der Waals surface area contributed by atoms with E-state index in [9.17, 15) is 23.9 Å². The van der Waals surface area contributed by atoms with Gasteiger partial charge in [-0.3, -0.25) is 9.69 Å². The molecule has 0 spiro atoms. The van der Waals surface area contributed by atoms with Crippen LogP contribution in [-0.4, -0.2) is 76.8 Å². The van der Waals surface area contributed by atoms with Gasteiger partial charge in [0.05, 0.1) is 23.8 Å². The van der Waals surface area contributed by atoms with Gasteiger partial charge < -0.3 is 30.5 Å². The Hall–Kier alpha value is -4.48. The van der Waals surface area contributed by atoms with E-state index in [2.05, 4.69) is 15.5 Å². The van der Waals surface area contributed by atoms with Crippen LogP contribution in [0.2, 0.25) is 0 Å². The molecule has 3 aromatic carbocycles. The Bertz CT molecular complexity index is 1420. The molecule has 3 amide bonds. The minimum Gasteiger partial charge on any atom is -0.488 e. The van der Waals surface area contributed by atoms with Gasteiger partial charge in [-0.1, -0.05) is 19.1 Å². The standard InChI is InChI=1S/C31H35FN4O6/c1-19-15-36(20(2)18-37)29(38)26-14-25(34-31(41)33-24-10-8-23(32)9-11-24)12-13-27(26)42-28(19)17-35(3)16-21-4-6-22(7-5-21)30(39)40/h4-14,19-20,28,37H,15-18H2,1-3H3,(H,39,40)(H2,33,34,41)/t19-,20+,28+/m1/s1. The molecule has 0 bridgehead atoms. The average molecular weight is 579 g/mol. The van der Waals surface area contributed by atoms with Crippen molar-refractivity contribution in [2.24, 2.45) is 5.92 Å². The summed E-state index contributed by atoms with van der Waals surface area (Å²) in [6.45, 7) is 4.95. The molecule has 222 valence electrons. The topological polar surface area (TPSA) is 131 Å². The number of hydrogen-bond donors (Lipinski definition) is 4. The number of likely N-dealkylation sites (N-methyl/N-ethyl adjacent to an activating group) is 1. The molecule has 1 aliphatic rings. The molecule has 3 atom stereocenters. The first kappa shape index (κ1) is 30.5. The van der Waals surface area contributed by atoms with Crippen LogP contribution in [-0.2, 0) is 6.54 Å². The van der Waals surface area contributed by atoms with Crippen LogP contribution in [0, 0.1) is 11.7 Å². The molecule has 0 aromatic heterocycles. The lowest BCUT2D eigenvalue weighted by Crippen LogP contribution is -2.49. The minimum atomic E-state index is -0.978. The van der Waals surface area contributed by atoms with Crippen molar-refractivity contribution in [2.45, 2.75) is 32.5 Å². The van der Waals surface area contributed by atoms with E-state index >= 15 is 0 Å². The first-order valence-electron chi connectivity index (χ1n) is 13.6. The predicted molar refractivity (Wildman–Crippen MR) is 156 cm³/mol. The van der Waals surface area contributed by atoms with Crippen LogP contribution >= 0.6 is 0 Å². The van der Waals surface area contributed by atoms with Crippen molar-refractivity contribution in [1.29, 1.82) is 0 Å². The smallest absolute Gasteiger partial charge is 0.335 e. The number of fused-ring (bicyclic) bond motifs is 1. The van der Waals surface area contributed by atoms with Gasteiger partial charge in [-0.25, -0.2) is 14.0 Å². The molecule has 4 N–H and O–H groups in total. The molecule has 10 nitrogen and oxygen atoms in total. The number of carboxylic acid groups (broad SMARTS) is 1. The maximum absolute atomic E-state index is 13.7. The van der Waals surface area contributed by atoms with Crippen molar-refractivity contribution < 1.29 is 33.7 Å². The Morgan fingerprint density at radius 1 is 1.07 bits per heavy atom. The third-order valence-corrected chi connectivity index (χ3v) is 7.17. The van der Waals surface area contributed by atoms with Crippen molar-refractivity contribution in [2.75, 3.05) is 37.4 Å². The molecule has 0 radical (unpaired) electrons. The zero-order chi connectivity index (χ0) is 30.4. The van der Waals surface area contributed by atoms with E-state index in [1.807, 2.05) is 14.0 Å². The van der Waals surface area contributed by atoms with Crippen molar-refractivity contribution >= 4 is 29.3 Å². The molecule has 0 fully saturated rings. The number of nitrogens with zero attached hydrogens (tertiary/aromatic N) is 2. The van der Waals surface area contributed by atoms with Gasteiger partial charge in [0.15, 0.2) is 0 Å². The molecule has 1 aliphatic heterocycles. The van der Waals surface area contributed by atoms with Crippen LogP contribution in [0.4, 0.5) is 20.6 Å². The molecule has 0 aliphatic carbocycles. The summed E-state index contributed by atoms with van der Waals surface area (Å²) >= 11 is 0. The number of carbonyl (C=O) groups is 3. The normalized spacial score (nSPS) is 17.5. The molecular formula is C31H35FN4O6. The second-order valence-electron chi connectivity index (χ2n) is 10.6. The Balaban J connectivity index is 1.54. The van der Waals surface area contributed by atoms with Crippen LogP contribution in [0.5, 0.6) is 5.75 Å². The van der Waals surface area contributed by atoms with E-state index in [1.54, 1.807) is 54.3 Å². The molecule has 0 saturated heterocycles. The first-order chi connectivity index (χ1) is 20.0. The van der Waals surface area contributed by atoms with Gasteiger partial charge in [0.25, 0.3) is 5.91 Å². The molecule has 42 heavy (non-hydrogen) atoms. The second kappa shape index (κ2) is 13.5. The summed E-state index contributed by atoms with van der Waals surface area (Å²) in [7, 11) is 1.94. The highest BCUT2D eigenvalue weighted by Gasteiger charge is 2.33. The minimum absolute atomic E-state index is 0.0905. The summed E-state index contributed by atoms with van der Waals surface area (Å²) < 4.78 is 19.6. The van der Waals surface area contributed by atoms with Crippen molar-refractivity contribution in [3.05, 3.63) is 89.2 Å². The lowest BCUT2D eigenvalue weighted by molar-refractivity contribution is 0.0341. The quantitative estimate of drug-likeness (QED) is 0.294. The number of carboxylic acids is 1. The van der Waals surface area contributed by atoms with E-state index in [0.29, 0.717) is 36.8 Å². The molecule has 0 unspecified atom stereocenters. The van der Waals surface area contributed by atoms with E-state index in [0.717, 1.165) is 5.56 Å². The van der Waals surface area contributed by atoms with Crippen LogP contribution in [0.1, 0.15) is 40.1 Å². The number of aliphatic hydroxyl groups excluding tert-OH is 1. The lowest BCUT2D eigenvalue weighted by Gasteiger charge is -2.38. The number of anilines is 2. The number of aliphatic hydroxyl groups is 1. The summed E-state index contributed by atoms with van der Waals surface area (Å²) in [6.07, 6.45) is -0.325. The second-order valence-corrected chi connectivity index (χ2v) is 10.6. The number of nitrogens with one attached hydrogen (secondary N) is 2. The fraction of sp³-hybridized carbons (Fsp3) is 0.323. The molecule has 4 rings (SSSR count). The Labute approximate surface area is 243 Å². The Morgan fingerprint density at radius 3 is 2.36 bits per heavy atom. The average Bonchev–Trinajstić information content (AvgIpc) is 2.96. The zero-order valence-corrected chi connectivity index (χ0v) is 23.7. The number of urea groups is 1. The van der Waals surface area contributed by atoms with Gasteiger partial charge in [0.2, 0.25) is 0 Å². The largest absolute Gasteiger partial charge is 0.488 e. The molecule has 3 aromatic rings. The van der Waals surface area contributed by atoms with Crippen LogP contribution in [0.25, 0.3) is 0 Å². The highest BCUT2D eigenvalue weighted by Crippen LogP contribution is 2.31. The summed E-state index contributed by atoms with van der Waals surface area (Å²) in [6, 6.07) is 15.8. The number of aromatic carboxylic acids is 1. The van der Waals surface area contributed by atoms with Crippen LogP contribution < -0.4 is 15.4 Å². The lowest BCUT2D eigenvalue weighted by atomic mass is 9.99. The van der Waals surface area contributed by atoms with Gasteiger partial charge in [-0.15, -0.1) is 0 Å². The van der Waals surface area contributed by atoms with E-state index in [4.69, 9.17) is 9.84 Å². The number of hydrogen-bond acceptors (Lipinski definition) is 6. The Morgan fingerprint density at radius 2 is 1.71 bits per heavy atom. The molecule has 0 saturated carbocycles. The third kappa shape index (κ3) is 7.62. The van der Waals surface area contributed by atoms with Crippen LogP contribution in [0.3, 0.4) is 0 Å². The fourth-order valence-electron chi connectivity index (χ4n) is 4.78.